The number of rotatable bonds is 6. The summed E-state index contributed by atoms with van der Waals surface area (Å²) in [6.45, 7) is 2.47. The molecule has 1 aliphatic rings. The molecule has 1 saturated heterocycles. The Morgan fingerprint density at radius 3 is 2.40 bits per heavy atom. The van der Waals surface area contributed by atoms with Crippen molar-refractivity contribution in [2.75, 3.05) is 27.2 Å². The van der Waals surface area contributed by atoms with Crippen molar-refractivity contribution in [2.45, 2.75) is 24.6 Å². The number of likely N-dealkylation sites (tertiary alicyclic amines) is 1. The summed E-state index contributed by atoms with van der Waals surface area (Å²) in [5.74, 6) is 0.716. The Morgan fingerprint density at radius 1 is 1.03 bits per heavy atom. The summed E-state index contributed by atoms with van der Waals surface area (Å²) in [4.78, 5) is 12.7. The lowest BCUT2D eigenvalue weighted by molar-refractivity contribution is -0.0892. The number of piperidine rings is 1. The summed E-state index contributed by atoms with van der Waals surface area (Å²) < 4.78 is 5.67. The Balaban J connectivity index is 1.42. The molecule has 156 valence electrons. The highest BCUT2D eigenvalue weighted by Gasteiger charge is 2.43. The average molecular weight is 405 g/mol. The molecule has 0 aliphatic carbocycles. The fourth-order valence-electron chi connectivity index (χ4n) is 4.14. The molecule has 0 radical (unpaired) electrons. The molecule has 0 saturated carbocycles. The Bertz CT molecular complexity index is 934. The number of aromatic nitrogens is 2. The number of ether oxygens (including phenoxy) is 1. The summed E-state index contributed by atoms with van der Waals surface area (Å²) in [5, 5.41) is 11.5. The van der Waals surface area contributed by atoms with E-state index in [4.69, 9.17) is 4.74 Å². The van der Waals surface area contributed by atoms with Crippen LogP contribution < -0.4 is 4.74 Å². The van der Waals surface area contributed by atoms with Gasteiger partial charge in [-0.25, -0.2) is 9.97 Å². The fraction of sp³-hybridized carbons (Fsp3) is 0.333. The summed E-state index contributed by atoms with van der Waals surface area (Å²) in [7, 11) is 4.08. The lowest BCUT2D eigenvalue weighted by atomic mass is 9.79. The van der Waals surface area contributed by atoms with E-state index in [0.717, 1.165) is 25.2 Å². The van der Waals surface area contributed by atoms with Gasteiger partial charge < -0.3 is 14.7 Å². The van der Waals surface area contributed by atoms with Crippen molar-refractivity contribution < 1.29 is 9.84 Å². The molecule has 3 aromatic rings. The maximum absolute atomic E-state index is 11.5. The van der Waals surface area contributed by atoms with Gasteiger partial charge >= 0.3 is 6.01 Å². The standard InChI is InChI=1S/C24H28N4O2/c1-27(2)22-18-28(16-13-24(22,29)20-7-4-3-5-8-20)17-19-9-11-21(12-10-19)30-23-25-14-6-15-26-23/h3-12,14-15,22,29H,13,16-18H2,1-2H3/t22-,24+/m1/s1. The van der Waals surface area contributed by atoms with Gasteiger partial charge in [0.2, 0.25) is 0 Å². The highest BCUT2D eigenvalue weighted by Crippen LogP contribution is 2.35. The highest BCUT2D eigenvalue weighted by molar-refractivity contribution is 5.30. The lowest BCUT2D eigenvalue weighted by Gasteiger charge is -2.47. The second kappa shape index (κ2) is 8.92. The molecule has 6 nitrogen and oxygen atoms in total. The van der Waals surface area contributed by atoms with Crippen LogP contribution in [0.3, 0.4) is 0 Å². The van der Waals surface area contributed by atoms with Crippen molar-refractivity contribution in [1.29, 1.82) is 0 Å². The summed E-state index contributed by atoms with van der Waals surface area (Å²) >= 11 is 0. The van der Waals surface area contributed by atoms with Crippen LogP contribution in [-0.4, -0.2) is 58.1 Å². The summed E-state index contributed by atoms with van der Waals surface area (Å²) in [6.07, 6.45) is 4.02. The number of hydrogen-bond acceptors (Lipinski definition) is 6. The Morgan fingerprint density at radius 2 is 1.73 bits per heavy atom. The van der Waals surface area contributed by atoms with Crippen LogP contribution in [0.25, 0.3) is 0 Å². The Hall–Kier alpha value is -2.80. The fourth-order valence-corrected chi connectivity index (χ4v) is 4.14. The van der Waals surface area contributed by atoms with Crippen molar-refractivity contribution in [1.82, 2.24) is 19.8 Å². The predicted octanol–water partition coefficient (Wildman–Crippen LogP) is 3.29. The first-order chi connectivity index (χ1) is 14.5. The Labute approximate surface area is 177 Å². The maximum Gasteiger partial charge on any atom is 0.321 e. The van der Waals surface area contributed by atoms with Crippen LogP contribution in [0.1, 0.15) is 17.5 Å². The van der Waals surface area contributed by atoms with E-state index in [1.165, 1.54) is 5.56 Å². The van der Waals surface area contributed by atoms with Crippen molar-refractivity contribution in [3.63, 3.8) is 0 Å². The lowest BCUT2D eigenvalue weighted by Crippen LogP contribution is -2.58. The van der Waals surface area contributed by atoms with Crippen LogP contribution in [0.5, 0.6) is 11.8 Å². The first-order valence-corrected chi connectivity index (χ1v) is 10.2. The number of nitrogens with zero attached hydrogens (tertiary/aromatic N) is 4. The number of hydrogen-bond donors (Lipinski definition) is 1. The van der Waals surface area contributed by atoms with E-state index in [-0.39, 0.29) is 6.04 Å². The third kappa shape index (κ3) is 4.51. The van der Waals surface area contributed by atoms with Crippen molar-refractivity contribution in [3.05, 3.63) is 84.2 Å². The van der Waals surface area contributed by atoms with E-state index in [0.29, 0.717) is 18.2 Å². The summed E-state index contributed by atoms with van der Waals surface area (Å²) in [6, 6.07) is 20.2. The first-order valence-electron chi connectivity index (χ1n) is 10.2. The monoisotopic (exact) mass is 404 g/mol. The predicted molar refractivity (Wildman–Crippen MR) is 116 cm³/mol. The van der Waals surface area contributed by atoms with Gasteiger partial charge in [0.05, 0.1) is 6.04 Å². The Kier molecular flexibility index (Phi) is 6.08. The second-order valence-corrected chi connectivity index (χ2v) is 8.03. The smallest absolute Gasteiger partial charge is 0.321 e. The summed E-state index contributed by atoms with van der Waals surface area (Å²) in [5.41, 5.74) is 1.36. The zero-order valence-corrected chi connectivity index (χ0v) is 17.5. The molecule has 1 aromatic heterocycles. The minimum atomic E-state index is -0.839. The van der Waals surface area contributed by atoms with Crippen molar-refractivity contribution in [3.8, 4) is 11.8 Å². The molecular weight excluding hydrogens is 376 g/mol. The normalized spacial score (nSPS) is 22.2. The van der Waals surface area contributed by atoms with E-state index >= 15 is 0 Å². The highest BCUT2D eigenvalue weighted by atomic mass is 16.5. The molecule has 0 spiro atoms. The van der Waals surface area contributed by atoms with Crippen LogP contribution in [0.2, 0.25) is 0 Å². The zero-order chi connectivity index (χ0) is 21.0. The van der Waals surface area contributed by atoms with Gasteiger partial charge in [0.1, 0.15) is 11.4 Å². The molecule has 0 amide bonds. The van der Waals surface area contributed by atoms with E-state index < -0.39 is 5.60 Å². The van der Waals surface area contributed by atoms with E-state index in [2.05, 4.69) is 31.9 Å². The molecule has 0 unspecified atom stereocenters. The molecule has 4 rings (SSSR count). The van der Waals surface area contributed by atoms with Gasteiger partial charge in [0.15, 0.2) is 0 Å². The quantitative estimate of drug-likeness (QED) is 0.680. The number of aliphatic hydroxyl groups is 1. The molecule has 2 aromatic carbocycles. The molecule has 6 heteroatoms. The van der Waals surface area contributed by atoms with Crippen molar-refractivity contribution >= 4 is 0 Å². The van der Waals surface area contributed by atoms with Crippen molar-refractivity contribution in [2.24, 2.45) is 0 Å². The van der Waals surface area contributed by atoms with Gasteiger partial charge in [-0.3, -0.25) is 4.90 Å². The average Bonchev–Trinajstić information content (AvgIpc) is 2.78. The molecule has 2 atom stereocenters. The molecule has 0 bridgehead atoms. The van der Waals surface area contributed by atoms with E-state index in [1.807, 2.05) is 56.6 Å². The van der Waals surface area contributed by atoms with E-state index in [9.17, 15) is 5.11 Å². The van der Waals surface area contributed by atoms with Crippen LogP contribution in [0.4, 0.5) is 0 Å². The number of benzene rings is 2. The van der Waals surface area contributed by atoms with Crippen LogP contribution in [0, 0.1) is 0 Å². The first kappa shape index (κ1) is 20.5. The molecule has 30 heavy (non-hydrogen) atoms. The molecule has 1 fully saturated rings. The molecule has 2 heterocycles. The van der Waals surface area contributed by atoms with E-state index in [1.54, 1.807) is 18.5 Å². The third-order valence-electron chi connectivity index (χ3n) is 5.77. The van der Waals surface area contributed by atoms with Gasteiger partial charge in [-0.1, -0.05) is 42.5 Å². The van der Waals surface area contributed by atoms with Crippen LogP contribution in [-0.2, 0) is 12.1 Å². The topological polar surface area (TPSA) is 61.7 Å². The third-order valence-corrected chi connectivity index (χ3v) is 5.77. The van der Waals surface area contributed by atoms with Gasteiger partial charge in [0, 0.05) is 32.0 Å². The molecular formula is C24H28N4O2. The van der Waals surface area contributed by atoms with Crippen LogP contribution >= 0.6 is 0 Å². The van der Waals surface area contributed by atoms with Gasteiger partial charge in [-0.05, 0) is 49.8 Å². The van der Waals surface area contributed by atoms with Gasteiger partial charge in [-0.15, -0.1) is 0 Å². The zero-order valence-electron chi connectivity index (χ0n) is 17.5. The second-order valence-electron chi connectivity index (χ2n) is 8.03. The molecule has 1 N–H and O–H groups in total. The van der Waals surface area contributed by atoms with Gasteiger partial charge in [-0.2, -0.15) is 0 Å². The molecule has 1 aliphatic heterocycles. The number of likely N-dealkylation sites (N-methyl/N-ethyl adjacent to an activating group) is 1. The maximum atomic E-state index is 11.5. The SMILES string of the molecule is CN(C)[C@@H]1CN(Cc2ccc(Oc3ncccn3)cc2)CC[C@]1(O)c1ccccc1. The largest absolute Gasteiger partial charge is 0.424 e. The minimum absolute atomic E-state index is 0.0199. The minimum Gasteiger partial charge on any atom is -0.424 e. The van der Waals surface area contributed by atoms with Crippen LogP contribution in [0.15, 0.2) is 73.1 Å². The van der Waals surface area contributed by atoms with Gasteiger partial charge in [0.25, 0.3) is 0 Å².